The van der Waals surface area contributed by atoms with Crippen molar-refractivity contribution in [2.45, 2.75) is 6.92 Å². The van der Waals surface area contributed by atoms with Gasteiger partial charge in [-0.05, 0) is 31.2 Å². The standard InChI is InChI=1S/C13H14N2O3/c1-9-8-12(17-2)15(14-9)11-6-4-10(5-7-11)13(16)18-3/h4-8H,1-3H3. The normalized spacial score (nSPS) is 10.2. The molecule has 0 unspecified atom stereocenters. The van der Waals surface area contributed by atoms with Gasteiger partial charge in [-0.3, -0.25) is 0 Å². The monoisotopic (exact) mass is 246 g/mol. The van der Waals surface area contributed by atoms with Crippen molar-refractivity contribution >= 4 is 5.97 Å². The summed E-state index contributed by atoms with van der Waals surface area (Å²) in [6.45, 7) is 1.89. The molecule has 5 heteroatoms. The van der Waals surface area contributed by atoms with E-state index in [9.17, 15) is 4.79 Å². The fourth-order valence-electron chi connectivity index (χ4n) is 1.66. The molecule has 94 valence electrons. The van der Waals surface area contributed by atoms with Gasteiger partial charge in [-0.1, -0.05) is 0 Å². The van der Waals surface area contributed by atoms with Gasteiger partial charge in [-0.15, -0.1) is 0 Å². The van der Waals surface area contributed by atoms with Gasteiger partial charge in [0.1, 0.15) is 0 Å². The number of carbonyl (C=O) groups excluding carboxylic acids is 1. The topological polar surface area (TPSA) is 53.4 Å². The first-order valence-electron chi connectivity index (χ1n) is 5.45. The third-order valence-corrected chi connectivity index (χ3v) is 2.54. The van der Waals surface area contributed by atoms with E-state index in [-0.39, 0.29) is 5.97 Å². The van der Waals surface area contributed by atoms with Gasteiger partial charge in [0.2, 0.25) is 5.88 Å². The van der Waals surface area contributed by atoms with Crippen LogP contribution in [0.5, 0.6) is 5.88 Å². The molecule has 0 spiro atoms. The predicted octanol–water partition coefficient (Wildman–Crippen LogP) is 1.98. The summed E-state index contributed by atoms with van der Waals surface area (Å²) in [5.74, 6) is 0.295. The lowest BCUT2D eigenvalue weighted by molar-refractivity contribution is 0.0601. The number of esters is 1. The summed E-state index contributed by atoms with van der Waals surface area (Å²) in [5, 5.41) is 4.32. The first-order chi connectivity index (χ1) is 8.65. The lowest BCUT2D eigenvalue weighted by Crippen LogP contribution is -2.03. The zero-order valence-electron chi connectivity index (χ0n) is 10.5. The Morgan fingerprint density at radius 1 is 1.22 bits per heavy atom. The number of hydrogen-bond acceptors (Lipinski definition) is 4. The molecule has 0 bridgehead atoms. The van der Waals surface area contributed by atoms with Gasteiger partial charge in [0.05, 0.1) is 31.2 Å². The van der Waals surface area contributed by atoms with E-state index in [1.807, 2.05) is 13.0 Å². The Morgan fingerprint density at radius 3 is 2.44 bits per heavy atom. The fraction of sp³-hybridized carbons (Fsp3) is 0.231. The third kappa shape index (κ3) is 2.20. The number of ether oxygens (including phenoxy) is 2. The van der Waals surface area contributed by atoms with E-state index in [2.05, 4.69) is 9.84 Å². The van der Waals surface area contributed by atoms with Crippen molar-refractivity contribution in [3.8, 4) is 11.6 Å². The second-order valence-electron chi connectivity index (χ2n) is 3.78. The van der Waals surface area contributed by atoms with Crippen LogP contribution in [0.3, 0.4) is 0 Å². The molecule has 0 saturated carbocycles. The molecule has 0 saturated heterocycles. The van der Waals surface area contributed by atoms with Gasteiger partial charge in [-0.2, -0.15) is 5.10 Å². The third-order valence-electron chi connectivity index (χ3n) is 2.54. The second kappa shape index (κ2) is 4.91. The van der Waals surface area contributed by atoms with E-state index in [1.165, 1.54) is 7.11 Å². The van der Waals surface area contributed by atoms with Crippen LogP contribution in [0, 0.1) is 6.92 Å². The van der Waals surface area contributed by atoms with E-state index in [0.717, 1.165) is 11.4 Å². The molecule has 0 aliphatic carbocycles. The number of aryl methyl sites for hydroxylation is 1. The van der Waals surface area contributed by atoms with Crippen molar-refractivity contribution in [2.75, 3.05) is 14.2 Å². The highest BCUT2D eigenvalue weighted by Crippen LogP contribution is 2.19. The van der Waals surface area contributed by atoms with Crippen molar-refractivity contribution in [3.63, 3.8) is 0 Å². The molecule has 5 nitrogen and oxygen atoms in total. The minimum atomic E-state index is -0.356. The molecule has 1 aromatic carbocycles. The minimum Gasteiger partial charge on any atom is -0.481 e. The van der Waals surface area contributed by atoms with Gasteiger partial charge in [-0.25, -0.2) is 9.48 Å². The van der Waals surface area contributed by atoms with Crippen LogP contribution in [-0.4, -0.2) is 30.0 Å². The van der Waals surface area contributed by atoms with Crippen LogP contribution in [0.1, 0.15) is 16.1 Å². The average Bonchev–Trinajstić information content (AvgIpc) is 2.79. The molecule has 0 aliphatic heterocycles. The number of carbonyl (C=O) groups is 1. The number of benzene rings is 1. The largest absolute Gasteiger partial charge is 0.481 e. The molecule has 0 aliphatic rings. The number of rotatable bonds is 3. The van der Waals surface area contributed by atoms with Crippen LogP contribution in [0.25, 0.3) is 5.69 Å². The van der Waals surface area contributed by atoms with Gasteiger partial charge < -0.3 is 9.47 Å². The van der Waals surface area contributed by atoms with Crippen LogP contribution in [0.4, 0.5) is 0 Å². The molecule has 18 heavy (non-hydrogen) atoms. The Hall–Kier alpha value is -2.30. The van der Waals surface area contributed by atoms with E-state index in [4.69, 9.17) is 4.74 Å². The molecule has 0 fully saturated rings. The lowest BCUT2D eigenvalue weighted by Gasteiger charge is -2.06. The van der Waals surface area contributed by atoms with Gasteiger partial charge in [0.25, 0.3) is 0 Å². The zero-order chi connectivity index (χ0) is 13.1. The minimum absolute atomic E-state index is 0.356. The predicted molar refractivity (Wildman–Crippen MR) is 66.2 cm³/mol. The molecule has 2 rings (SSSR count). The Bertz CT molecular complexity index is 558. The summed E-state index contributed by atoms with van der Waals surface area (Å²) in [7, 11) is 2.95. The zero-order valence-corrected chi connectivity index (χ0v) is 10.5. The summed E-state index contributed by atoms with van der Waals surface area (Å²) < 4.78 is 11.6. The maximum atomic E-state index is 11.3. The Labute approximate surface area is 105 Å². The second-order valence-corrected chi connectivity index (χ2v) is 3.78. The summed E-state index contributed by atoms with van der Waals surface area (Å²) in [6.07, 6.45) is 0. The van der Waals surface area contributed by atoms with Gasteiger partial charge >= 0.3 is 5.97 Å². The van der Waals surface area contributed by atoms with E-state index >= 15 is 0 Å². The van der Waals surface area contributed by atoms with Crippen LogP contribution < -0.4 is 4.74 Å². The quantitative estimate of drug-likeness (QED) is 0.777. The van der Waals surface area contributed by atoms with Crippen LogP contribution in [0.2, 0.25) is 0 Å². The summed E-state index contributed by atoms with van der Waals surface area (Å²) in [5.41, 5.74) is 2.19. The number of nitrogens with zero attached hydrogens (tertiary/aromatic N) is 2. The highest BCUT2D eigenvalue weighted by Gasteiger charge is 2.09. The van der Waals surface area contributed by atoms with Crippen molar-refractivity contribution in [3.05, 3.63) is 41.6 Å². The van der Waals surface area contributed by atoms with Crippen molar-refractivity contribution in [1.82, 2.24) is 9.78 Å². The Balaban J connectivity index is 2.36. The number of aromatic nitrogens is 2. The van der Waals surface area contributed by atoms with Crippen molar-refractivity contribution in [1.29, 1.82) is 0 Å². The molecule has 1 heterocycles. The van der Waals surface area contributed by atoms with E-state index in [1.54, 1.807) is 36.1 Å². The lowest BCUT2D eigenvalue weighted by atomic mass is 10.2. The Kier molecular flexibility index (Phi) is 3.32. The molecule has 0 radical (unpaired) electrons. The molecule has 0 amide bonds. The summed E-state index contributed by atoms with van der Waals surface area (Å²) >= 11 is 0. The van der Waals surface area contributed by atoms with Gasteiger partial charge in [0.15, 0.2) is 0 Å². The Morgan fingerprint density at radius 2 is 1.89 bits per heavy atom. The fourth-order valence-corrected chi connectivity index (χ4v) is 1.66. The molecule has 0 N–H and O–H groups in total. The summed E-state index contributed by atoms with van der Waals surface area (Å²) in [6, 6.07) is 8.81. The molecular weight excluding hydrogens is 232 g/mol. The van der Waals surface area contributed by atoms with Crippen LogP contribution in [0.15, 0.2) is 30.3 Å². The highest BCUT2D eigenvalue weighted by atomic mass is 16.5. The first-order valence-corrected chi connectivity index (χ1v) is 5.45. The van der Waals surface area contributed by atoms with Crippen molar-refractivity contribution in [2.24, 2.45) is 0 Å². The van der Waals surface area contributed by atoms with Crippen LogP contribution >= 0.6 is 0 Å². The average molecular weight is 246 g/mol. The maximum Gasteiger partial charge on any atom is 0.337 e. The number of methoxy groups -OCH3 is 2. The molecule has 1 aromatic heterocycles. The molecule has 2 aromatic rings. The van der Waals surface area contributed by atoms with E-state index in [0.29, 0.717) is 11.4 Å². The van der Waals surface area contributed by atoms with Gasteiger partial charge in [0, 0.05) is 6.07 Å². The smallest absolute Gasteiger partial charge is 0.337 e. The molecule has 0 atom stereocenters. The van der Waals surface area contributed by atoms with Crippen molar-refractivity contribution < 1.29 is 14.3 Å². The maximum absolute atomic E-state index is 11.3. The molecular formula is C13H14N2O3. The van der Waals surface area contributed by atoms with E-state index < -0.39 is 0 Å². The first kappa shape index (κ1) is 12.2. The number of hydrogen-bond donors (Lipinski definition) is 0. The highest BCUT2D eigenvalue weighted by molar-refractivity contribution is 5.89. The van der Waals surface area contributed by atoms with Crippen LogP contribution in [-0.2, 0) is 4.74 Å². The SMILES string of the molecule is COC(=O)c1ccc(-n2nc(C)cc2OC)cc1. The summed E-state index contributed by atoms with van der Waals surface area (Å²) in [4.78, 5) is 11.3.